The van der Waals surface area contributed by atoms with Crippen molar-refractivity contribution >= 4 is 17.0 Å². The molecule has 0 aliphatic heterocycles. The third kappa shape index (κ3) is 1.92. The van der Waals surface area contributed by atoms with Crippen molar-refractivity contribution in [2.45, 2.75) is 6.18 Å². The standard InChI is InChI=1S/C11H9F3N2O2/c1-16-5-8(11(12,13)14)7-3-6(10(17)18-2)4-15-9(7)16/h3-5H,1-2H3. The number of halogens is 3. The first-order chi connectivity index (χ1) is 8.34. The van der Waals surface area contributed by atoms with Crippen LogP contribution < -0.4 is 0 Å². The number of esters is 1. The summed E-state index contributed by atoms with van der Waals surface area (Å²) in [7, 11) is 2.62. The minimum absolute atomic E-state index is 0.0123. The lowest BCUT2D eigenvalue weighted by Gasteiger charge is -2.04. The molecule has 18 heavy (non-hydrogen) atoms. The van der Waals surface area contributed by atoms with E-state index in [1.165, 1.54) is 17.8 Å². The van der Waals surface area contributed by atoms with Crippen LogP contribution in [-0.4, -0.2) is 22.6 Å². The molecule has 7 heteroatoms. The Morgan fingerprint density at radius 3 is 2.67 bits per heavy atom. The van der Waals surface area contributed by atoms with E-state index in [4.69, 9.17) is 0 Å². The van der Waals surface area contributed by atoms with E-state index in [0.717, 1.165) is 19.4 Å². The minimum atomic E-state index is -4.49. The van der Waals surface area contributed by atoms with Crippen LogP contribution in [0.5, 0.6) is 0 Å². The fourth-order valence-corrected chi connectivity index (χ4v) is 1.72. The van der Waals surface area contributed by atoms with E-state index in [1.807, 2.05) is 0 Å². The Hall–Kier alpha value is -2.05. The van der Waals surface area contributed by atoms with Crippen LogP contribution in [0, 0.1) is 0 Å². The van der Waals surface area contributed by atoms with Crippen LogP contribution >= 0.6 is 0 Å². The fourth-order valence-electron chi connectivity index (χ4n) is 1.72. The molecule has 0 spiro atoms. The number of methoxy groups -OCH3 is 1. The van der Waals surface area contributed by atoms with Gasteiger partial charge in [0.15, 0.2) is 0 Å². The van der Waals surface area contributed by atoms with Crippen molar-refractivity contribution in [2.75, 3.05) is 7.11 Å². The summed E-state index contributed by atoms with van der Waals surface area (Å²) in [6.45, 7) is 0. The molecule has 0 unspecified atom stereocenters. The number of carbonyl (C=O) groups excluding carboxylic acids is 1. The van der Waals surface area contributed by atoms with Gasteiger partial charge in [0.05, 0.1) is 18.2 Å². The predicted molar refractivity (Wildman–Crippen MR) is 57.1 cm³/mol. The summed E-state index contributed by atoms with van der Waals surface area (Å²) in [4.78, 5) is 15.1. The molecule has 0 amide bonds. The third-order valence-electron chi connectivity index (χ3n) is 2.54. The van der Waals surface area contributed by atoms with Crippen molar-refractivity contribution in [3.63, 3.8) is 0 Å². The zero-order valence-electron chi connectivity index (χ0n) is 9.58. The lowest BCUT2D eigenvalue weighted by molar-refractivity contribution is -0.136. The van der Waals surface area contributed by atoms with E-state index in [2.05, 4.69) is 9.72 Å². The maximum atomic E-state index is 12.8. The van der Waals surface area contributed by atoms with Crippen molar-refractivity contribution in [2.24, 2.45) is 7.05 Å². The molecule has 0 N–H and O–H groups in total. The lowest BCUT2D eigenvalue weighted by atomic mass is 10.1. The maximum absolute atomic E-state index is 12.8. The number of carbonyl (C=O) groups is 1. The first-order valence-corrected chi connectivity index (χ1v) is 4.95. The third-order valence-corrected chi connectivity index (χ3v) is 2.54. The SMILES string of the molecule is COC(=O)c1cnc2c(c1)c(C(F)(F)F)cn2C. The van der Waals surface area contributed by atoms with Crippen LogP contribution in [0.1, 0.15) is 15.9 Å². The summed E-state index contributed by atoms with van der Waals surface area (Å²) in [5.41, 5.74) is -0.671. The number of hydrogen-bond donors (Lipinski definition) is 0. The van der Waals surface area contributed by atoms with Gasteiger partial charge in [-0.1, -0.05) is 0 Å². The van der Waals surface area contributed by atoms with Crippen LogP contribution in [0.2, 0.25) is 0 Å². The zero-order valence-corrected chi connectivity index (χ0v) is 9.58. The largest absolute Gasteiger partial charge is 0.465 e. The minimum Gasteiger partial charge on any atom is -0.465 e. The van der Waals surface area contributed by atoms with Gasteiger partial charge in [-0.15, -0.1) is 0 Å². The number of nitrogens with zero attached hydrogens (tertiary/aromatic N) is 2. The summed E-state index contributed by atoms with van der Waals surface area (Å²) in [5, 5.41) is -0.118. The molecule has 0 fully saturated rings. The number of alkyl halides is 3. The first kappa shape index (κ1) is 12.4. The Morgan fingerprint density at radius 1 is 1.44 bits per heavy atom. The number of pyridine rings is 1. The Morgan fingerprint density at radius 2 is 2.11 bits per heavy atom. The van der Waals surface area contributed by atoms with Crippen LogP contribution in [0.15, 0.2) is 18.5 Å². The van der Waals surface area contributed by atoms with Gasteiger partial charge < -0.3 is 9.30 Å². The van der Waals surface area contributed by atoms with E-state index in [-0.39, 0.29) is 16.6 Å². The summed E-state index contributed by atoms with van der Waals surface area (Å²) in [6.07, 6.45) is -2.36. The van der Waals surface area contributed by atoms with Crippen molar-refractivity contribution in [3.05, 3.63) is 29.6 Å². The average Bonchev–Trinajstić information content (AvgIpc) is 2.65. The van der Waals surface area contributed by atoms with Gasteiger partial charge >= 0.3 is 12.1 Å². The van der Waals surface area contributed by atoms with E-state index in [1.54, 1.807) is 0 Å². The molecule has 2 aromatic rings. The van der Waals surface area contributed by atoms with Gasteiger partial charge in [0.25, 0.3) is 0 Å². The van der Waals surface area contributed by atoms with Gasteiger partial charge in [-0.05, 0) is 6.07 Å². The number of aryl methyl sites for hydroxylation is 1. The first-order valence-electron chi connectivity index (χ1n) is 4.95. The Kier molecular flexibility index (Phi) is 2.76. The quantitative estimate of drug-likeness (QED) is 0.737. The van der Waals surface area contributed by atoms with Gasteiger partial charge in [0, 0.05) is 24.8 Å². The zero-order chi connectivity index (χ0) is 13.5. The monoisotopic (exact) mass is 258 g/mol. The van der Waals surface area contributed by atoms with Gasteiger partial charge in [0.1, 0.15) is 5.65 Å². The molecule has 0 saturated carbocycles. The van der Waals surface area contributed by atoms with Crippen molar-refractivity contribution < 1.29 is 22.7 Å². The number of ether oxygens (including phenoxy) is 1. The van der Waals surface area contributed by atoms with Gasteiger partial charge in [0.2, 0.25) is 0 Å². The Bertz CT molecular complexity index is 617. The molecule has 0 aromatic carbocycles. The second-order valence-corrected chi connectivity index (χ2v) is 3.74. The second kappa shape index (κ2) is 4.01. The Labute approximate surface area is 100.0 Å². The van der Waals surface area contributed by atoms with Crippen molar-refractivity contribution in [1.29, 1.82) is 0 Å². The lowest BCUT2D eigenvalue weighted by Crippen LogP contribution is -2.05. The van der Waals surface area contributed by atoms with Crippen LogP contribution in [0.25, 0.3) is 11.0 Å². The second-order valence-electron chi connectivity index (χ2n) is 3.74. The highest BCUT2D eigenvalue weighted by Gasteiger charge is 2.34. The summed E-state index contributed by atoms with van der Waals surface area (Å²) >= 11 is 0. The number of hydrogen-bond acceptors (Lipinski definition) is 3. The van der Waals surface area contributed by atoms with E-state index in [9.17, 15) is 18.0 Å². The van der Waals surface area contributed by atoms with Gasteiger partial charge in [-0.2, -0.15) is 13.2 Å². The molecule has 2 aromatic heterocycles. The molecule has 0 aliphatic carbocycles. The number of aromatic nitrogens is 2. The molecule has 96 valence electrons. The molecule has 2 heterocycles. The summed E-state index contributed by atoms with van der Waals surface area (Å²) < 4.78 is 44.1. The molecule has 0 atom stereocenters. The van der Waals surface area contributed by atoms with Gasteiger partial charge in [-0.3, -0.25) is 0 Å². The maximum Gasteiger partial charge on any atom is 0.418 e. The predicted octanol–water partition coefficient (Wildman–Crippen LogP) is 2.38. The van der Waals surface area contributed by atoms with Gasteiger partial charge in [-0.25, -0.2) is 9.78 Å². The molecule has 4 nitrogen and oxygen atoms in total. The fraction of sp³-hybridized carbons (Fsp3) is 0.273. The molecule has 0 saturated heterocycles. The Balaban J connectivity index is 2.71. The van der Waals surface area contributed by atoms with Crippen LogP contribution in [-0.2, 0) is 18.0 Å². The normalized spacial score (nSPS) is 11.8. The topological polar surface area (TPSA) is 44.1 Å². The van der Waals surface area contributed by atoms with Crippen molar-refractivity contribution in [3.8, 4) is 0 Å². The van der Waals surface area contributed by atoms with E-state index in [0.29, 0.717) is 0 Å². The van der Waals surface area contributed by atoms with Crippen LogP contribution in [0.3, 0.4) is 0 Å². The highest BCUT2D eigenvalue weighted by Crippen LogP contribution is 2.35. The van der Waals surface area contributed by atoms with Crippen LogP contribution in [0.4, 0.5) is 13.2 Å². The molecule has 0 aliphatic rings. The highest BCUT2D eigenvalue weighted by molar-refractivity contribution is 5.94. The number of fused-ring (bicyclic) bond motifs is 1. The molecular weight excluding hydrogens is 249 g/mol. The molecule has 0 radical (unpaired) electrons. The average molecular weight is 258 g/mol. The van der Waals surface area contributed by atoms with E-state index < -0.39 is 17.7 Å². The highest BCUT2D eigenvalue weighted by atomic mass is 19.4. The summed E-state index contributed by atoms with van der Waals surface area (Å²) in [5.74, 6) is -0.721. The summed E-state index contributed by atoms with van der Waals surface area (Å²) in [6, 6.07) is 1.14. The molecular formula is C11H9F3N2O2. The smallest absolute Gasteiger partial charge is 0.418 e. The molecule has 2 rings (SSSR count). The number of rotatable bonds is 1. The van der Waals surface area contributed by atoms with E-state index >= 15 is 0 Å². The van der Waals surface area contributed by atoms with Crippen molar-refractivity contribution in [1.82, 2.24) is 9.55 Å². The molecule has 0 bridgehead atoms.